The lowest BCUT2D eigenvalue weighted by atomic mass is 10.2. The molecule has 0 amide bonds. The molecule has 0 fully saturated rings. The van der Waals surface area contributed by atoms with E-state index in [1.54, 1.807) is 6.92 Å². The molecule has 0 N–H and O–H groups in total. The van der Waals surface area contributed by atoms with Gasteiger partial charge in [0.2, 0.25) is 0 Å². The van der Waals surface area contributed by atoms with Gasteiger partial charge in [0.15, 0.2) is 5.78 Å². The quantitative estimate of drug-likeness (QED) is 0.563. The van der Waals surface area contributed by atoms with Gasteiger partial charge in [0.05, 0.1) is 11.3 Å². The Morgan fingerprint density at radius 2 is 2.17 bits per heavy atom. The van der Waals surface area contributed by atoms with Gasteiger partial charge in [-0.15, -0.1) is 0 Å². The fourth-order valence-electron chi connectivity index (χ4n) is 1.01. The number of hydrogen-bond donors (Lipinski definition) is 0. The molecular formula is C8H10N2O2. The minimum atomic E-state index is -0.340. The van der Waals surface area contributed by atoms with E-state index in [1.165, 1.54) is 24.7 Å². The molecule has 4 heteroatoms. The standard InChI is InChI=1S/C8H10N2O2/c1-5-4-7(6(2)11)8(12)10(3)9-5/h4H,1-3H3. The molecule has 1 aromatic rings. The van der Waals surface area contributed by atoms with E-state index in [9.17, 15) is 9.59 Å². The van der Waals surface area contributed by atoms with Crippen LogP contribution in [-0.4, -0.2) is 15.6 Å². The first-order valence-corrected chi connectivity index (χ1v) is 3.58. The van der Waals surface area contributed by atoms with Gasteiger partial charge >= 0.3 is 0 Å². The normalized spacial score (nSPS) is 9.92. The SMILES string of the molecule is CC(=O)c1cc(C)nn(C)c1=O. The van der Waals surface area contributed by atoms with Crippen LogP contribution in [0.2, 0.25) is 0 Å². The molecule has 1 aromatic heterocycles. The lowest BCUT2D eigenvalue weighted by Gasteiger charge is -2.00. The minimum Gasteiger partial charge on any atom is -0.294 e. The summed E-state index contributed by atoms with van der Waals surface area (Å²) in [5, 5.41) is 3.87. The van der Waals surface area contributed by atoms with Gasteiger partial charge in [-0.2, -0.15) is 5.10 Å². The van der Waals surface area contributed by atoms with E-state index in [0.717, 1.165) is 0 Å². The van der Waals surface area contributed by atoms with Crippen molar-refractivity contribution >= 4 is 5.78 Å². The number of nitrogens with zero attached hydrogens (tertiary/aromatic N) is 2. The molecule has 1 rings (SSSR count). The molecule has 0 saturated carbocycles. The van der Waals surface area contributed by atoms with Gasteiger partial charge in [0, 0.05) is 7.05 Å². The first kappa shape index (κ1) is 8.64. The van der Waals surface area contributed by atoms with Gasteiger partial charge in [0.25, 0.3) is 5.56 Å². The monoisotopic (exact) mass is 166 g/mol. The lowest BCUT2D eigenvalue weighted by Crippen LogP contribution is -2.25. The number of carbonyl (C=O) groups is 1. The third-order valence-corrected chi connectivity index (χ3v) is 1.56. The fraction of sp³-hybridized carbons (Fsp3) is 0.375. The van der Waals surface area contributed by atoms with E-state index in [2.05, 4.69) is 5.10 Å². The molecule has 0 aliphatic heterocycles. The molecule has 12 heavy (non-hydrogen) atoms. The van der Waals surface area contributed by atoms with Crippen LogP contribution in [0, 0.1) is 6.92 Å². The molecule has 1 heterocycles. The molecule has 0 aliphatic carbocycles. The third-order valence-electron chi connectivity index (χ3n) is 1.56. The molecular weight excluding hydrogens is 156 g/mol. The maximum Gasteiger partial charge on any atom is 0.277 e. The van der Waals surface area contributed by atoms with Gasteiger partial charge < -0.3 is 0 Å². The number of aromatic nitrogens is 2. The predicted molar refractivity (Wildman–Crippen MR) is 44.2 cm³/mol. The van der Waals surface area contributed by atoms with Crippen LogP contribution in [0.5, 0.6) is 0 Å². The van der Waals surface area contributed by atoms with Crippen molar-refractivity contribution in [2.75, 3.05) is 0 Å². The minimum absolute atomic E-state index is 0.199. The second kappa shape index (κ2) is 2.89. The fourth-order valence-corrected chi connectivity index (χ4v) is 1.01. The van der Waals surface area contributed by atoms with Crippen molar-refractivity contribution in [3.8, 4) is 0 Å². The van der Waals surface area contributed by atoms with Gasteiger partial charge in [0.1, 0.15) is 0 Å². The van der Waals surface area contributed by atoms with Crippen molar-refractivity contribution in [3.63, 3.8) is 0 Å². The number of rotatable bonds is 1. The Labute approximate surface area is 69.8 Å². The van der Waals surface area contributed by atoms with Crippen LogP contribution in [0.3, 0.4) is 0 Å². The van der Waals surface area contributed by atoms with Crippen LogP contribution in [0.1, 0.15) is 23.0 Å². The van der Waals surface area contributed by atoms with Crippen LogP contribution in [-0.2, 0) is 7.05 Å². The van der Waals surface area contributed by atoms with Gasteiger partial charge in [-0.25, -0.2) is 4.68 Å². The summed E-state index contributed by atoms with van der Waals surface area (Å²) in [6.45, 7) is 3.11. The smallest absolute Gasteiger partial charge is 0.277 e. The molecule has 0 bridgehead atoms. The Balaban J connectivity index is 3.49. The Hall–Kier alpha value is -1.45. The van der Waals surface area contributed by atoms with Crippen LogP contribution in [0.15, 0.2) is 10.9 Å². The predicted octanol–water partition coefficient (Wildman–Crippen LogP) is 0.291. The first-order chi connectivity index (χ1) is 5.52. The summed E-state index contributed by atoms with van der Waals surface area (Å²) in [5.74, 6) is -0.221. The van der Waals surface area contributed by atoms with Crippen LogP contribution in [0.25, 0.3) is 0 Å². The molecule has 0 saturated heterocycles. The first-order valence-electron chi connectivity index (χ1n) is 3.58. The average Bonchev–Trinajstić information content (AvgIpc) is 1.96. The highest BCUT2D eigenvalue weighted by Gasteiger charge is 2.07. The maximum absolute atomic E-state index is 11.2. The van der Waals surface area contributed by atoms with E-state index < -0.39 is 0 Å². The lowest BCUT2D eigenvalue weighted by molar-refractivity contribution is 0.101. The van der Waals surface area contributed by atoms with Crippen molar-refractivity contribution < 1.29 is 4.79 Å². The summed E-state index contributed by atoms with van der Waals surface area (Å²) >= 11 is 0. The molecule has 0 aromatic carbocycles. The molecule has 64 valence electrons. The van der Waals surface area contributed by atoms with E-state index in [1.807, 2.05) is 0 Å². The topological polar surface area (TPSA) is 52.0 Å². The second-order valence-electron chi connectivity index (χ2n) is 2.68. The summed E-state index contributed by atoms with van der Waals surface area (Å²) in [4.78, 5) is 22.2. The second-order valence-corrected chi connectivity index (χ2v) is 2.68. The Morgan fingerprint density at radius 1 is 1.58 bits per heavy atom. The van der Waals surface area contributed by atoms with Crippen molar-refractivity contribution in [1.29, 1.82) is 0 Å². The van der Waals surface area contributed by atoms with E-state index in [4.69, 9.17) is 0 Å². The number of aryl methyl sites for hydroxylation is 2. The summed E-state index contributed by atoms with van der Waals surface area (Å²) in [6.07, 6.45) is 0. The van der Waals surface area contributed by atoms with Crippen molar-refractivity contribution in [2.45, 2.75) is 13.8 Å². The summed E-state index contributed by atoms with van der Waals surface area (Å²) in [5.41, 5.74) is 0.528. The van der Waals surface area contributed by atoms with E-state index >= 15 is 0 Å². The zero-order valence-electron chi connectivity index (χ0n) is 7.29. The van der Waals surface area contributed by atoms with Gasteiger partial charge in [-0.1, -0.05) is 0 Å². The largest absolute Gasteiger partial charge is 0.294 e. The molecule has 0 radical (unpaired) electrons. The number of Topliss-reactive ketones (excluding diaryl/α,β-unsaturated/α-hetero) is 1. The highest BCUT2D eigenvalue weighted by Crippen LogP contribution is 1.94. The van der Waals surface area contributed by atoms with Crippen molar-refractivity contribution in [1.82, 2.24) is 9.78 Å². The molecule has 0 atom stereocenters. The third kappa shape index (κ3) is 1.42. The van der Waals surface area contributed by atoms with Crippen molar-refractivity contribution in [2.24, 2.45) is 7.05 Å². The van der Waals surface area contributed by atoms with Gasteiger partial charge in [-0.3, -0.25) is 9.59 Å². The molecule has 0 aliphatic rings. The summed E-state index contributed by atoms with van der Waals surface area (Å²) in [6, 6.07) is 1.50. The Bertz CT molecular complexity index is 379. The number of ketones is 1. The highest BCUT2D eigenvalue weighted by molar-refractivity contribution is 5.93. The van der Waals surface area contributed by atoms with E-state index in [0.29, 0.717) is 5.69 Å². The molecule has 0 spiro atoms. The zero-order valence-corrected chi connectivity index (χ0v) is 7.29. The summed E-state index contributed by atoms with van der Waals surface area (Å²) < 4.78 is 1.17. The Kier molecular flexibility index (Phi) is 2.08. The number of carbonyl (C=O) groups excluding carboxylic acids is 1. The van der Waals surface area contributed by atoms with Gasteiger partial charge in [-0.05, 0) is 19.9 Å². The average molecular weight is 166 g/mol. The molecule has 0 unspecified atom stereocenters. The zero-order chi connectivity index (χ0) is 9.30. The summed E-state index contributed by atoms with van der Waals surface area (Å²) in [7, 11) is 1.53. The van der Waals surface area contributed by atoms with Crippen molar-refractivity contribution in [3.05, 3.63) is 27.7 Å². The number of hydrogen-bond acceptors (Lipinski definition) is 3. The van der Waals surface area contributed by atoms with E-state index in [-0.39, 0.29) is 16.9 Å². The highest BCUT2D eigenvalue weighted by atomic mass is 16.1. The van der Waals surface area contributed by atoms with Crippen LogP contribution < -0.4 is 5.56 Å². The van der Waals surface area contributed by atoms with Crippen LogP contribution in [0.4, 0.5) is 0 Å². The maximum atomic E-state index is 11.2. The molecule has 4 nitrogen and oxygen atoms in total. The Morgan fingerprint density at radius 3 is 2.67 bits per heavy atom. The van der Waals surface area contributed by atoms with Crippen LogP contribution >= 0.6 is 0 Å².